The highest BCUT2D eigenvalue weighted by molar-refractivity contribution is 5.77. The number of anilines is 1. The number of nitrogens with zero attached hydrogens (tertiary/aromatic N) is 4. The molecular weight excluding hydrogens is 492 g/mol. The maximum absolute atomic E-state index is 12.9. The lowest BCUT2D eigenvalue weighted by Crippen LogP contribution is -2.49. The van der Waals surface area contributed by atoms with Crippen LogP contribution < -0.4 is 11.5 Å². The van der Waals surface area contributed by atoms with Gasteiger partial charge in [0, 0.05) is 6.42 Å². The summed E-state index contributed by atoms with van der Waals surface area (Å²) in [5.74, 6) is -0.752. The molecule has 0 radical (unpaired) electrons. The van der Waals surface area contributed by atoms with Crippen LogP contribution in [0.1, 0.15) is 65.0 Å². The van der Waals surface area contributed by atoms with Gasteiger partial charge in [-0.3, -0.25) is 9.59 Å². The van der Waals surface area contributed by atoms with Crippen molar-refractivity contribution in [1.82, 2.24) is 14.6 Å². The highest BCUT2D eigenvalue weighted by Gasteiger charge is 2.60. The van der Waals surface area contributed by atoms with Crippen LogP contribution in [0.3, 0.4) is 0 Å². The van der Waals surface area contributed by atoms with Crippen LogP contribution in [-0.2, 0) is 29.4 Å². The summed E-state index contributed by atoms with van der Waals surface area (Å²) in [6, 6.07) is 4.14. The molecule has 38 heavy (non-hydrogen) atoms. The van der Waals surface area contributed by atoms with E-state index in [1.54, 1.807) is 26.8 Å². The number of carbonyl (C=O) groups is 2. The minimum absolute atomic E-state index is 0.161. The van der Waals surface area contributed by atoms with Gasteiger partial charge in [0.2, 0.25) is 5.60 Å². The van der Waals surface area contributed by atoms with E-state index in [0.29, 0.717) is 5.52 Å². The third-order valence-electron chi connectivity index (χ3n) is 7.49. The van der Waals surface area contributed by atoms with Gasteiger partial charge in [0.15, 0.2) is 11.9 Å². The molecule has 2 aromatic rings. The Morgan fingerprint density at radius 2 is 2.03 bits per heavy atom. The summed E-state index contributed by atoms with van der Waals surface area (Å²) < 4.78 is 18.6. The maximum atomic E-state index is 12.9. The fourth-order valence-corrected chi connectivity index (χ4v) is 5.10. The van der Waals surface area contributed by atoms with Crippen LogP contribution in [0.4, 0.5) is 5.82 Å². The van der Waals surface area contributed by atoms with Crippen molar-refractivity contribution in [2.24, 2.45) is 17.1 Å². The van der Waals surface area contributed by atoms with Crippen LogP contribution in [0.5, 0.6) is 0 Å². The van der Waals surface area contributed by atoms with E-state index in [1.165, 1.54) is 23.3 Å². The molecule has 0 amide bonds. The van der Waals surface area contributed by atoms with Crippen LogP contribution >= 0.6 is 0 Å². The predicted octanol–water partition coefficient (Wildman–Crippen LogP) is 1.59. The topological polar surface area (TPSA) is 188 Å². The SMILES string of the molecule is CC(C)(C)[C@H](N)C(=O)O[C@H]1[C@@H](O)[C@](C#N)(c2ccc3c(N)ncnn23)O[C@@H]1COC(=O)CC1CCCCC1. The first-order valence-electron chi connectivity index (χ1n) is 13.0. The summed E-state index contributed by atoms with van der Waals surface area (Å²) in [5.41, 5.74) is 9.96. The van der Waals surface area contributed by atoms with Gasteiger partial charge < -0.3 is 30.8 Å². The van der Waals surface area contributed by atoms with Crippen molar-refractivity contribution in [1.29, 1.82) is 5.26 Å². The van der Waals surface area contributed by atoms with E-state index in [-0.39, 0.29) is 30.5 Å². The fraction of sp³-hybridized carbons (Fsp3) is 0.654. The first-order valence-corrected chi connectivity index (χ1v) is 13.0. The number of nitrogen functional groups attached to an aromatic ring is 1. The van der Waals surface area contributed by atoms with E-state index in [9.17, 15) is 20.0 Å². The Balaban J connectivity index is 1.61. The van der Waals surface area contributed by atoms with E-state index >= 15 is 0 Å². The van der Waals surface area contributed by atoms with Crippen molar-refractivity contribution in [2.45, 2.75) is 89.3 Å². The molecule has 0 bridgehead atoms. The number of esters is 2. The van der Waals surface area contributed by atoms with E-state index in [0.717, 1.165) is 25.7 Å². The van der Waals surface area contributed by atoms with Gasteiger partial charge in [0.1, 0.15) is 42.8 Å². The number of aliphatic hydroxyl groups is 1. The fourth-order valence-electron chi connectivity index (χ4n) is 5.10. The largest absolute Gasteiger partial charge is 0.463 e. The molecule has 1 aliphatic carbocycles. The molecule has 0 unspecified atom stereocenters. The zero-order valence-corrected chi connectivity index (χ0v) is 22.0. The van der Waals surface area contributed by atoms with Crippen molar-refractivity contribution in [3.8, 4) is 6.07 Å². The Kier molecular flexibility index (Phi) is 7.92. The number of hydrogen-bond acceptors (Lipinski definition) is 11. The van der Waals surface area contributed by atoms with Gasteiger partial charge in [0.05, 0.1) is 5.69 Å². The van der Waals surface area contributed by atoms with Crippen molar-refractivity contribution >= 4 is 23.3 Å². The number of ether oxygens (including phenoxy) is 3. The van der Waals surface area contributed by atoms with Gasteiger partial charge in [-0.05, 0) is 36.3 Å². The molecule has 1 saturated carbocycles. The quantitative estimate of drug-likeness (QED) is 0.443. The molecule has 0 aromatic carbocycles. The molecule has 12 nitrogen and oxygen atoms in total. The molecule has 12 heteroatoms. The average Bonchev–Trinajstić information content (AvgIpc) is 3.43. The van der Waals surface area contributed by atoms with Crippen molar-refractivity contribution < 1.29 is 28.9 Å². The Bertz CT molecular complexity index is 1210. The molecule has 2 aromatic heterocycles. The third kappa shape index (κ3) is 5.32. The van der Waals surface area contributed by atoms with E-state index in [1.807, 2.05) is 6.07 Å². The number of nitrogens with two attached hydrogens (primary N) is 2. The number of hydrogen-bond donors (Lipinski definition) is 3. The molecule has 3 heterocycles. The molecule has 4 rings (SSSR count). The predicted molar refractivity (Wildman–Crippen MR) is 135 cm³/mol. The monoisotopic (exact) mass is 528 g/mol. The first kappa shape index (κ1) is 27.8. The van der Waals surface area contributed by atoms with Crippen LogP contribution in [-0.4, -0.2) is 62.6 Å². The smallest absolute Gasteiger partial charge is 0.323 e. The lowest BCUT2D eigenvalue weighted by molar-refractivity contribution is -0.163. The zero-order chi connectivity index (χ0) is 27.7. The van der Waals surface area contributed by atoms with Crippen LogP contribution in [0.2, 0.25) is 0 Å². The summed E-state index contributed by atoms with van der Waals surface area (Å²) in [4.78, 5) is 29.5. The molecule has 2 fully saturated rings. The van der Waals surface area contributed by atoms with Gasteiger partial charge in [0.25, 0.3) is 0 Å². The first-order chi connectivity index (χ1) is 18.0. The molecule has 5 atom stereocenters. The molecule has 1 aliphatic heterocycles. The van der Waals surface area contributed by atoms with Crippen molar-refractivity contribution in [2.75, 3.05) is 12.3 Å². The normalized spacial score (nSPS) is 27.1. The number of carbonyl (C=O) groups excluding carboxylic acids is 2. The lowest BCUT2D eigenvalue weighted by Gasteiger charge is -2.29. The molecule has 0 spiro atoms. The number of fused-ring (bicyclic) bond motifs is 1. The summed E-state index contributed by atoms with van der Waals surface area (Å²) in [5, 5.41) is 25.9. The number of rotatable bonds is 7. The van der Waals surface area contributed by atoms with Crippen molar-refractivity contribution in [3.05, 3.63) is 24.2 Å². The highest BCUT2D eigenvalue weighted by atomic mass is 16.6. The van der Waals surface area contributed by atoms with Gasteiger partial charge in [-0.25, -0.2) is 9.50 Å². The van der Waals surface area contributed by atoms with Crippen LogP contribution in [0, 0.1) is 22.7 Å². The van der Waals surface area contributed by atoms with Gasteiger partial charge >= 0.3 is 11.9 Å². The summed E-state index contributed by atoms with van der Waals surface area (Å²) in [6.07, 6.45) is 2.65. The van der Waals surface area contributed by atoms with E-state index in [4.69, 9.17) is 25.7 Å². The Morgan fingerprint density at radius 3 is 2.68 bits per heavy atom. The minimum Gasteiger partial charge on any atom is -0.463 e. The van der Waals surface area contributed by atoms with Gasteiger partial charge in [-0.15, -0.1) is 0 Å². The Morgan fingerprint density at radius 1 is 1.32 bits per heavy atom. The van der Waals surface area contributed by atoms with Crippen molar-refractivity contribution in [3.63, 3.8) is 0 Å². The summed E-state index contributed by atoms with van der Waals surface area (Å²) in [7, 11) is 0. The maximum Gasteiger partial charge on any atom is 0.323 e. The second-order valence-corrected chi connectivity index (χ2v) is 11.2. The number of aliphatic hydroxyl groups excluding tert-OH is 1. The third-order valence-corrected chi connectivity index (χ3v) is 7.49. The van der Waals surface area contributed by atoms with E-state index < -0.39 is 47.3 Å². The Labute approximate surface area is 221 Å². The van der Waals surface area contributed by atoms with Crippen LogP contribution in [0.25, 0.3) is 5.52 Å². The summed E-state index contributed by atoms with van der Waals surface area (Å²) in [6.45, 7) is 5.01. The number of nitriles is 1. The number of aromatic nitrogens is 3. The van der Waals surface area contributed by atoms with Gasteiger partial charge in [-0.2, -0.15) is 10.4 Å². The lowest BCUT2D eigenvalue weighted by atomic mass is 9.87. The molecule has 206 valence electrons. The Hall–Kier alpha value is -3.27. The summed E-state index contributed by atoms with van der Waals surface area (Å²) >= 11 is 0. The molecule has 5 N–H and O–H groups in total. The minimum atomic E-state index is -2.01. The molecule has 1 saturated heterocycles. The standard InChI is InChI=1S/C26H36N6O6/c1-25(2,3)21(28)24(35)37-20-17(12-36-19(33)11-15-7-5-4-6-8-15)38-26(13-27,22(20)34)18-10-9-16-23(29)30-14-31-32(16)18/h9-10,14-15,17,20-22,34H,4-8,11-12,28H2,1-3H3,(H2,29,30,31)/t17-,20-,21-,22-,26+/m1/s1. The van der Waals surface area contributed by atoms with E-state index in [2.05, 4.69) is 10.1 Å². The average molecular weight is 529 g/mol. The highest BCUT2D eigenvalue weighted by Crippen LogP contribution is 2.42. The van der Waals surface area contributed by atoms with Gasteiger partial charge in [-0.1, -0.05) is 40.0 Å². The molecule has 2 aliphatic rings. The second kappa shape index (κ2) is 10.8. The molecular formula is C26H36N6O6. The van der Waals surface area contributed by atoms with Crippen LogP contribution in [0.15, 0.2) is 18.5 Å². The zero-order valence-electron chi connectivity index (χ0n) is 22.0. The second-order valence-electron chi connectivity index (χ2n) is 11.2.